The summed E-state index contributed by atoms with van der Waals surface area (Å²) in [5, 5.41) is 10.6. The lowest BCUT2D eigenvalue weighted by atomic mass is 10.1. The van der Waals surface area contributed by atoms with Gasteiger partial charge in [-0.25, -0.2) is 9.59 Å². The fourth-order valence-electron chi connectivity index (χ4n) is 0.436. The van der Waals surface area contributed by atoms with Crippen LogP contribution in [-0.2, 0) is 14.3 Å². The zero-order valence-corrected chi connectivity index (χ0v) is 7.36. The molecule has 0 aromatic carbocycles. The van der Waals surface area contributed by atoms with Crippen LogP contribution >= 0.6 is 0 Å². The number of nitrogens with one attached hydrogen (secondary N) is 1. The number of rotatable bonds is 4. The molecule has 0 unspecified atom stereocenters. The highest BCUT2D eigenvalue weighted by Gasteiger charge is 2.31. The highest BCUT2D eigenvalue weighted by atomic mass is 16.6. The third-order valence-corrected chi connectivity index (χ3v) is 1.19. The van der Waals surface area contributed by atoms with Crippen molar-refractivity contribution in [1.29, 1.82) is 0 Å². The van der Waals surface area contributed by atoms with Crippen molar-refractivity contribution in [2.24, 2.45) is 0 Å². The summed E-state index contributed by atoms with van der Waals surface area (Å²) in [5.74, 6) is -1.26. The average Bonchev–Trinajstić information content (AvgIpc) is 1.99. The summed E-state index contributed by atoms with van der Waals surface area (Å²) < 4.78 is 4.49. The standard InChI is InChI=1S/C7H11NO5/c1-7(2,5(10)11)13-6(12)8-3-4-9/h4H,3H2,1-2H3,(H,8,12)(H,10,11). The van der Waals surface area contributed by atoms with E-state index in [0.29, 0.717) is 6.29 Å². The van der Waals surface area contributed by atoms with Crippen molar-refractivity contribution in [2.75, 3.05) is 6.54 Å². The van der Waals surface area contributed by atoms with Crippen LogP contribution in [0.4, 0.5) is 4.79 Å². The Balaban J connectivity index is 4.04. The van der Waals surface area contributed by atoms with Crippen LogP contribution in [0.15, 0.2) is 0 Å². The van der Waals surface area contributed by atoms with E-state index >= 15 is 0 Å². The van der Waals surface area contributed by atoms with E-state index in [4.69, 9.17) is 5.11 Å². The molecule has 0 atom stereocenters. The first-order valence-electron chi connectivity index (χ1n) is 3.54. The van der Waals surface area contributed by atoms with Crippen LogP contribution < -0.4 is 5.32 Å². The van der Waals surface area contributed by atoms with Crippen LogP contribution in [-0.4, -0.2) is 35.6 Å². The maximum Gasteiger partial charge on any atom is 0.408 e. The third kappa shape index (κ3) is 4.09. The van der Waals surface area contributed by atoms with Crippen molar-refractivity contribution in [1.82, 2.24) is 5.32 Å². The van der Waals surface area contributed by atoms with E-state index in [1.54, 1.807) is 0 Å². The third-order valence-electron chi connectivity index (χ3n) is 1.19. The Labute approximate surface area is 74.9 Å². The number of carboxylic acid groups (broad SMARTS) is 1. The fraction of sp³-hybridized carbons (Fsp3) is 0.571. The lowest BCUT2D eigenvalue weighted by Gasteiger charge is -2.19. The van der Waals surface area contributed by atoms with E-state index in [1.807, 2.05) is 0 Å². The summed E-state index contributed by atoms with van der Waals surface area (Å²) in [6.07, 6.45) is -0.464. The van der Waals surface area contributed by atoms with Crippen LogP contribution in [0.1, 0.15) is 13.8 Å². The van der Waals surface area contributed by atoms with Gasteiger partial charge in [0.05, 0.1) is 6.54 Å². The van der Waals surface area contributed by atoms with Gasteiger partial charge in [-0.2, -0.15) is 0 Å². The molecule has 0 aromatic heterocycles. The lowest BCUT2D eigenvalue weighted by molar-refractivity contribution is -0.154. The number of amides is 1. The summed E-state index contributed by atoms with van der Waals surface area (Å²) in [6, 6.07) is 0. The molecule has 0 spiro atoms. The van der Waals surface area contributed by atoms with E-state index in [0.717, 1.165) is 0 Å². The molecular weight excluding hydrogens is 178 g/mol. The normalized spacial score (nSPS) is 10.3. The molecule has 1 amide bonds. The quantitative estimate of drug-likeness (QED) is 0.596. The van der Waals surface area contributed by atoms with E-state index in [9.17, 15) is 14.4 Å². The second kappa shape index (κ2) is 4.44. The SMILES string of the molecule is CC(C)(OC(=O)NCC=O)C(=O)O. The molecule has 0 bridgehead atoms. The van der Waals surface area contributed by atoms with Crippen LogP contribution in [0.3, 0.4) is 0 Å². The molecule has 0 aromatic rings. The maximum absolute atomic E-state index is 10.8. The van der Waals surface area contributed by atoms with Crippen molar-refractivity contribution in [3.63, 3.8) is 0 Å². The number of aldehydes is 1. The van der Waals surface area contributed by atoms with Gasteiger partial charge in [-0.05, 0) is 13.8 Å². The zero-order valence-electron chi connectivity index (χ0n) is 7.36. The molecule has 0 aliphatic rings. The van der Waals surface area contributed by atoms with Gasteiger partial charge in [0, 0.05) is 0 Å². The number of alkyl carbamates (subject to hydrolysis) is 1. The summed E-state index contributed by atoms with van der Waals surface area (Å²) in [7, 11) is 0. The summed E-state index contributed by atoms with van der Waals surface area (Å²) in [6.45, 7) is 2.26. The lowest BCUT2D eigenvalue weighted by Crippen LogP contribution is -2.41. The van der Waals surface area contributed by atoms with Crippen molar-refractivity contribution >= 4 is 18.3 Å². The molecule has 74 valence electrons. The molecule has 0 aliphatic heterocycles. The largest absolute Gasteiger partial charge is 0.478 e. The van der Waals surface area contributed by atoms with E-state index in [1.165, 1.54) is 13.8 Å². The van der Waals surface area contributed by atoms with Gasteiger partial charge in [0.2, 0.25) is 5.60 Å². The topological polar surface area (TPSA) is 92.7 Å². The molecule has 6 heteroatoms. The Morgan fingerprint density at radius 3 is 2.46 bits per heavy atom. The second-order valence-electron chi connectivity index (χ2n) is 2.75. The van der Waals surface area contributed by atoms with Crippen LogP contribution in [0.25, 0.3) is 0 Å². The summed E-state index contributed by atoms with van der Waals surface area (Å²) in [5.41, 5.74) is -1.59. The first-order chi connectivity index (χ1) is 5.90. The minimum atomic E-state index is -1.59. The molecule has 0 saturated heterocycles. The predicted molar refractivity (Wildman–Crippen MR) is 42.3 cm³/mol. The van der Waals surface area contributed by atoms with Crippen LogP contribution in [0, 0.1) is 0 Å². The first kappa shape index (κ1) is 11.4. The van der Waals surface area contributed by atoms with Gasteiger partial charge >= 0.3 is 12.1 Å². The van der Waals surface area contributed by atoms with Gasteiger partial charge in [-0.1, -0.05) is 0 Å². The molecule has 0 rings (SSSR count). The van der Waals surface area contributed by atoms with Crippen LogP contribution in [0.2, 0.25) is 0 Å². The van der Waals surface area contributed by atoms with E-state index < -0.39 is 17.7 Å². The Hall–Kier alpha value is -1.59. The van der Waals surface area contributed by atoms with Gasteiger partial charge in [-0.15, -0.1) is 0 Å². The number of carbonyl (C=O) groups is 3. The number of hydrogen-bond acceptors (Lipinski definition) is 4. The minimum absolute atomic E-state index is 0.200. The Morgan fingerprint density at radius 1 is 1.54 bits per heavy atom. The van der Waals surface area contributed by atoms with Gasteiger partial charge in [0.15, 0.2) is 0 Å². The fourth-order valence-corrected chi connectivity index (χ4v) is 0.436. The summed E-state index contributed by atoms with van der Waals surface area (Å²) in [4.78, 5) is 31.0. The highest BCUT2D eigenvalue weighted by molar-refractivity contribution is 5.81. The van der Waals surface area contributed by atoms with Crippen molar-refractivity contribution in [3.8, 4) is 0 Å². The molecule has 0 aliphatic carbocycles. The second-order valence-corrected chi connectivity index (χ2v) is 2.75. The molecule has 6 nitrogen and oxygen atoms in total. The molecule has 13 heavy (non-hydrogen) atoms. The number of ether oxygens (including phenoxy) is 1. The molecule has 0 radical (unpaired) electrons. The van der Waals surface area contributed by atoms with E-state index in [2.05, 4.69) is 10.1 Å². The smallest absolute Gasteiger partial charge is 0.408 e. The monoisotopic (exact) mass is 189 g/mol. The Bertz CT molecular complexity index is 223. The molecular formula is C7H11NO5. The van der Waals surface area contributed by atoms with Crippen LogP contribution in [0.5, 0.6) is 0 Å². The number of aliphatic carboxylic acids is 1. The molecule has 0 fully saturated rings. The predicted octanol–water partition coefficient (Wildman–Crippen LogP) is -0.225. The summed E-state index contributed by atoms with van der Waals surface area (Å²) >= 11 is 0. The van der Waals surface area contributed by atoms with Gasteiger partial charge in [0.25, 0.3) is 0 Å². The van der Waals surface area contributed by atoms with Gasteiger partial charge in [-0.3, -0.25) is 0 Å². The van der Waals surface area contributed by atoms with E-state index in [-0.39, 0.29) is 6.54 Å². The Kier molecular flexibility index (Phi) is 3.90. The first-order valence-corrected chi connectivity index (χ1v) is 3.54. The molecule has 0 saturated carbocycles. The maximum atomic E-state index is 10.8. The minimum Gasteiger partial charge on any atom is -0.478 e. The van der Waals surface area contributed by atoms with Gasteiger partial charge < -0.3 is 20.0 Å². The number of carbonyl (C=O) groups excluding carboxylic acids is 2. The number of hydrogen-bond donors (Lipinski definition) is 2. The van der Waals surface area contributed by atoms with Gasteiger partial charge in [0.1, 0.15) is 6.29 Å². The Morgan fingerprint density at radius 2 is 2.08 bits per heavy atom. The zero-order chi connectivity index (χ0) is 10.5. The highest BCUT2D eigenvalue weighted by Crippen LogP contribution is 2.08. The number of carboxylic acids is 1. The van der Waals surface area contributed by atoms with Crippen molar-refractivity contribution in [2.45, 2.75) is 19.4 Å². The van der Waals surface area contributed by atoms with Crippen molar-refractivity contribution in [3.05, 3.63) is 0 Å². The molecule has 2 N–H and O–H groups in total. The molecule has 0 heterocycles. The van der Waals surface area contributed by atoms with Crippen molar-refractivity contribution < 1.29 is 24.2 Å². The average molecular weight is 189 g/mol.